The van der Waals surface area contributed by atoms with Gasteiger partial charge in [0.15, 0.2) is 0 Å². The van der Waals surface area contributed by atoms with Gasteiger partial charge in [-0.2, -0.15) is 0 Å². The molecule has 11 nitrogen and oxygen atoms in total. The predicted molar refractivity (Wildman–Crippen MR) is 120 cm³/mol. The maximum atomic E-state index is 13.8. The normalized spacial score (nSPS) is 30.7. The number of aliphatic hydroxyl groups is 1. The number of para-hydroxylation sites is 1. The molecule has 3 aliphatic rings. The van der Waals surface area contributed by atoms with Crippen molar-refractivity contribution in [2.24, 2.45) is 17.8 Å². The number of nitrogens with one attached hydrogen (secondary N) is 2. The van der Waals surface area contributed by atoms with E-state index in [1.165, 1.54) is 11.9 Å². The molecule has 11 heteroatoms. The molecule has 5 rings (SSSR count). The van der Waals surface area contributed by atoms with E-state index in [2.05, 4.69) is 20.9 Å². The first kappa shape index (κ1) is 22.7. The van der Waals surface area contributed by atoms with Crippen molar-refractivity contribution in [1.82, 2.24) is 30.5 Å². The van der Waals surface area contributed by atoms with Gasteiger partial charge in [-0.15, -0.1) is 5.10 Å². The van der Waals surface area contributed by atoms with Crippen molar-refractivity contribution in [3.63, 3.8) is 0 Å². The van der Waals surface area contributed by atoms with E-state index in [1.54, 1.807) is 4.68 Å². The fourth-order valence-corrected chi connectivity index (χ4v) is 6.12. The third kappa shape index (κ3) is 3.13. The Morgan fingerprint density at radius 3 is 2.76 bits per heavy atom. The molecule has 3 aliphatic heterocycles. The van der Waals surface area contributed by atoms with Gasteiger partial charge in [0.1, 0.15) is 23.8 Å². The summed E-state index contributed by atoms with van der Waals surface area (Å²) in [7, 11) is 1.54. The molecule has 3 saturated heterocycles. The lowest BCUT2D eigenvalue weighted by atomic mass is 9.70. The van der Waals surface area contributed by atoms with Gasteiger partial charge >= 0.3 is 0 Å². The van der Waals surface area contributed by atoms with Gasteiger partial charge in [0.25, 0.3) is 0 Å². The number of carbonyl (C=O) groups is 3. The standard InChI is InChI=1S/C23H30N6O5/c1-12(2)15(10-30)29-19(21(32)25-11-28-14-7-5-4-6-13(14)26-27-28)23-9-8-16(34-23)17(20(31)24-3)18(23)22(29)33/h4-7,12,15-19,30H,8-11H2,1-3H3,(H,24,31)(H,25,32)/t15-,16-,17+,18-,19?,23?/m0/s1. The van der Waals surface area contributed by atoms with Gasteiger partial charge in [-0.1, -0.05) is 31.2 Å². The van der Waals surface area contributed by atoms with Crippen LogP contribution in [0.3, 0.4) is 0 Å². The largest absolute Gasteiger partial charge is 0.394 e. The molecule has 6 atom stereocenters. The zero-order valence-electron chi connectivity index (χ0n) is 19.5. The number of nitrogens with zero attached hydrogens (tertiary/aromatic N) is 4. The quantitative estimate of drug-likeness (QED) is 0.502. The highest BCUT2D eigenvalue weighted by Gasteiger charge is 2.75. The second-order valence-corrected chi connectivity index (χ2v) is 9.69. The van der Waals surface area contributed by atoms with Crippen molar-refractivity contribution >= 4 is 28.8 Å². The zero-order chi connectivity index (χ0) is 24.2. The summed E-state index contributed by atoms with van der Waals surface area (Å²) in [6.45, 7) is 3.56. The van der Waals surface area contributed by atoms with E-state index in [1.807, 2.05) is 38.1 Å². The summed E-state index contributed by atoms with van der Waals surface area (Å²) in [6.07, 6.45) is 0.689. The van der Waals surface area contributed by atoms with Gasteiger partial charge in [0.05, 0.1) is 36.1 Å². The second-order valence-electron chi connectivity index (χ2n) is 9.69. The molecule has 3 fully saturated rings. The van der Waals surface area contributed by atoms with Crippen LogP contribution >= 0.6 is 0 Å². The molecule has 4 heterocycles. The molecule has 2 aromatic rings. The Bertz CT molecular complexity index is 1130. The minimum Gasteiger partial charge on any atom is -0.394 e. The Kier molecular flexibility index (Phi) is 5.56. The van der Waals surface area contributed by atoms with E-state index >= 15 is 0 Å². The van der Waals surface area contributed by atoms with Gasteiger partial charge < -0.3 is 25.4 Å². The van der Waals surface area contributed by atoms with Crippen LogP contribution in [0.1, 0.15) is 26.7 Å². The van der Waals surface area contributed by atoms with E-state index in [4.69, 9.17) is 4.74 Å². The van der Waals surface area contributed by atoms with Crippen molar-refractivity contribution in [3.8, 4) is 0 Å². The average molecular weight is 471 g/mol. The first-order valence-corrected chi connectivity index (χ1v) is 11.7. The van der Waals surface area contributed by atoms with Crippen LogP contribution in [0.2, 0.25) is 0 Å². The molecule has 182 valence electrons. The Labute approximate surface area is 196 Å². The van der Waals surface area contributed by atoms with Crippen molar-refractivity contribution < 1.29 is 24.2 Å². The van der Waals surface area contributed by atoms with Gasteiger partial charge in [-0.05, 0) is 30.9 Å². The van der Waals surface area contributed by atoms with Gasteiger partial charge in [-0.3, -0.25) is 14.4 Å². The van der Waals surface area contributed by atoms with E-state index in [9.17, 15) is 19.5 Å². The molecule has 1 aromatic heterocycles. The van der Waals surface area contributed by atoms with E-state index in [0.29, 0.717) is 18.4 Å². The molecule has 0 radical (unpaired) electrons. The lowest BCUT2D eigenvalue weighted by Crippen LogP contribution is -2.59. The fraction of sp³-hybridized carbons (Fsp3) is 0.609. The molecule has 0 saturated carbocycles. The average Bonchev–Trinajstić information content (AvgIpc) is 3.57. The van der Waals surface area contributed by atoms with Crippen molar-refractivity contribution in [2.75, 3.05) is 13.7 Å². The van der Waals surface area contributed by atoms with Crippen molar-refractivity contribution in [2.45, 2.75) is 57.1 Å². The first-order valence-electron chi connectivity index (χ1n) is 11.7. The van der Waals surface area contributed by atoms with Crippen LogP contribution in [0, 0.1) is 17.8 Å². The van der Waals surface area contributed by atoms with Crippen LogP contribution in [0.25, 0.3) is 11.0 Å². The summed E-state index contributed by atoms with van der Waals surface area (Å²) < 4.78 is 7.91. The minimum absolute atomic E-state index is 0.0619. The Balaban J connectivity index is 1.49. The Morgan fingerprint density at radius 1 is 1.29 bits per heavy atom. The van der Waals surface area contributed by atoms with Gasteiger partial charge in [0, 0.05) is 7.05 Å². The van der Waals surface area contributed by atoms with E-state index < -0.39 is 41.5 Å². The summed E-state index contributed by atoms with van der Waals surface area (Å²) in [5.41, 5.74) is 0.376. The number of hydrogen-bond donors (Lipinski definition) is 3. The SMILES string of the molecule is CNC(=O)[C@@H]1[C@@H]2CCC3(O2)C(C(=O)NCn2nnc4ccccc42)N([C@@H](CO)C(C)C)C(=O)[C@H]13. The maximum absolute atomic E-state index is 13.8. The zero-order valence-corrected chi connectivity index (χ0v) is 19.5. The van der Waals surface area contributed by atoms with Crippen LogP contribution in [0.5, 0.6) is 0 Å². The summed E-state index contributed by atoms with van der Waals surface area (Å²) in [6, 6.07) is 5.88. The third-order valence-corrected chi connectivity index (χ3v) is 7.67. The molecule has 1 spiro atoms. The minimum atomic E-state index is -1.10. The highest BCUT2D eigenvalue weighted by Crippen LogP contribution is 2.58. The van der Waals surface area contributed by atoms with Crippen LogP contribution < -0.4 is 10.6 Å². The smallest absolute Gasteiger partial charge is 0.247 e. The molecule has 2 bridgehead atoms. The van der Waals surface area contributed by atoms with Crippen LogP contribution in [-0.4, -0.2) is 80.2 Å². The molecule has 34 heavy (non-hydrogen) atoms. The number of ether oxygens (including phenoxy) is 1. The molecular formula is C23H30N6O5. The fourth-order valence-electron chi connectivity index (χ4n) is 6.12. The van der Waals surface area contributed by atoms with Crippen LogP contribution in [0.4, 0.5) is 0 Å². The molecule has 0 aliphatic carbocycles. The van der Waals surface area contributed by atoms with Gasteiger partial charge in [-0.25, -0.2) is 4.68 Å². The molecular weight excluding hydrogens is 440 g/mol. The van der Waals surface area contributed by atoms with E-state index in [0.717, 1.165) is 5.52 Å². The number of rotatable bonds is 7. The highest BCUT2D eigenvalue weighted by atomic mass is 16.5. The summed E-state index contributed by atoms with van der Waals surface area (Å²) >= 11 is 0. The number of fused-ring (bicyclic) bond motifs is 2. The number of amides is 3. The molecule has 3 N–H and O–H groups in total. The number of benzene rings is 1. The van der Waals surface area contributed by atoms with E-state index in [-0.39, 0.29) is 31.0 Å². The topological polar surface area (TPSA) is 139 Å². The summed E-state index contributed by atoms with van der Waals surface area (Å²) in [5.74, 6) is -2.48. The number of likely N-dealkylation sites (tertiary alicyclic amines) is 1. The van der Waals surface area contributed by atoms with Crippen LogP contribution in [-0.2, 0) is 25.8 Å². The third-order valence-electron chi connectivity index (χ3n) is 7.67. The molecule has 1 aromatic carbocycles. The summed E-state index contributed by atoms with van der Waals surface area (Å²) in [4.78, 5) is 41.7. The highest BCUT2D eigenvalue weighted by molar-refractivity contribution is 5.99. The Morgan fingerprint density at radius 2 is 2.06 bits per heavy atom. The lowest BCUT2D eigenvalue weighted by Gasteiger charge is -2.38. The number of carbonyl (C=O) groups excluding carboxylic acids is 3. The van der Waals surface area contributed by atoms with Crippen molar-refractivity contribution in [1.29, 1.82) is 0 Å². The maximum Gasteiger partial charge on any atom is 0.247 e. The second kappa shape index (κ2) is 8.31. The van der Waals surface area contributed by atoms with Crippen molar-refractivity contribution in [3.05, 3.63) is 24.3 Å². The number of aliphatic hydroxyl groups excluding tert-OH is 1. The van der Waals surface area contributed by atoms with Gasteiger partial charge in [0.2, 0.25) is 17.7 Å². The first-order chi connectivity index (χ1) is 16.3. The molecule has 2 unspecified atom stereocenters. The lowest BCUT2D eigenvalue weighted by molar-refractivity contribution is -0.147. The summed E-state index contributed by atoms with van der Waals surface area (Å²) in [5, 5.41) is 23.9. The monoisotopic (exact) mass is 470 g/mol. The van der Waals surface area contributed by atoms with Crippen LogP contribution in [0.15, 0.2) is 24.3 Å². The Hall–Kier alpha value is -3.05. The molecule has 3 amide bonds. The predicted octanol–water partition coefficient (Wildman–Crippen LogP) is -0.357. The number of aromatic nitrogens is 3. The number of hydrogen-bond acceptors (Lipinski definition) is 7.